The quantitative estimate of drug-likeness (QED) is 0.874. The molecule has 0 radical (unpaired) electrons. The van der Waals surface area contributed by atoms with Gasteiger partial charge in [-0.15, -0.1) is 0 Å². The second-order valence-corrected chi connectivity index (χ2v) is 6.55. The summed E-state index contributed by atoms with van der Waals surface area (Å²) in [5.74, 6) is -0.0926. The van der Waals surface area contributed by atoms with Crippen LogP contribution in [0, 0.1) is 19.3 Å². The SMILES string of the molecule is Cc1cc(C)nc(-n2nccc2NC(=O)N2CC[C@](C)(C(=O)O)C2)n1. The van der Waals surface area contributed by atoms with Gasteiger partial charge in [0.1, 0.15) is 5.82 Å². The van der Waals surface area contributed by atoms with Crippen molar-refractivity contribution in [3.05, 3.63) is 29.7 Å². The van der Waals surface area contributed by atoms with Gasteiger partial charge in [0.15, 0.2) is 0 Å². The molecule has 1 aliphatic heterocycles. The van der Waals surface area contributed by atoms with Gasteiger partial charge in [-0.05, 0) is 33.3 Å². The number of aliphatic carboxylic acids is 1. The number of aromatic nitrogens is 4. The molecule has 1 aliphatic rings. The first-order chi connectivity index (χ1) is 11.8. The van der Waals surface area contributed by atoms with Crippen molar-refractivity contribution in [1.29, 1.82) is 0 Å². The van der Waals surface area contributed by atoms with Crippen molar-refractivity contribution < 1.29 is 14.7 Å². The highest BCUT2D eigenvalue weighted by Gasteiger charge is 2.42. The third-order valence-corrected chi connectivity index (χ3v) is 4.31. The Morgan fingerprint density at radius 1 is 1.28 bits per heavy atom. The highest BCUT2D eigenvalue weighted by Crippen LogP contribution is 2.30. The van der Waals surface area contributed by atoms with Crippen LogP contribution in [0.2, 0.25) is 0 Å². The molecular formula is C16H20N6O3. The van der Waals surface area contributed by atoms with E-state index in [-0.39, 0.29) is 12.6 Å². The van der Waals surface area contributed by atoms with Gasteiger partial charge in [-0.2, -0.15) is 9.78 Å². The largest absolute Gasteiger partial charge is 0.481 e. The van der Waals surface area contributed by atoms with Crippen molar-refractivity contribution in [1.82, 2.24) is 24.6 Å². The van der Waals surface area contributed by atoms with Crippen LogP contribution in [0.25, 0.3) is 5.95 Å². The fourth-order valence-corrected chi connectivity index (χ4v) is 2.86. The molecule has 0 aliphatic carbocycles. The van der Waals surface area contributed by atoms with Gasteiger partial charge in [0.2, 0.25) is 0 Å². The van der Waals surface area contributed by atoms with E-state index in [1.54, 1.807) is 19.2 Å². The molecule has 2 N–H and O–H groups in total. The number of anilines is 1. The van der Waals surface area contributed by atoms with E-state index in [0.717, 1.165) is 11.4 Å². The first kappa shape index (κ1) is 16.9. The van der Waals surface area contributed by atoms with Crippen LogP contribution in [0.5, 0.6) is 0 Å². The third-order valence-electron chi connectivity index (χ3n) is 4.31. The van der Waals surface area contributed by atoms with Crippen LogP contribution in [0.15, 0.2) is 18.3 Å². The summed E-state index contributed by atoms with van der Waals surface area (Å²) in [6.45, 7) is 5.93. The molecule has 0 saturated carbocycles. The first-order valence-electron chi connectivity index (χ1n) is 7.94. The Bertz CT molecular complexity index is 813. The Balaban J connectivity index is 1.78. The molecule has 3 rings (SSSR count). The number of nitrogens with one attached hydrogen (secondary N) is 1. The Morgan fingerprint density at radius 2 is 1.96 bits per heavy atom. The molecular weight excluding hydrogens is 324 g/mol. The maximum atomic E-state index is 12.5. The summed E-state index contributed by atoms with van der Waals surface area (Å²) >= 11 is 0. The Labute approximate surface area is 144 Å². The normalized spacial score (nSPS) is 19.9. The van der Waals surface area contributed by atoms with E-state index in [9.17, 15) is 14.7 Å². The maximum absolute atomic E-state index is 12.5. The van der Waals surface area contributed by atoms with Crippen molar-refractivity contribution in [2.45, 2.75) is 27.2 Å². The molecule has 25 heavy (non-hydrogen) atoms. The number of urea groups is 1. The lowest BCUT2D eigenvalue weighted by Gasteiger charge is -2.20. The molecule has 0 aromatic carbocycles. The zero-order valence-corrected chi connectivity index (χ0v) is 14.4. The molecule has 1 fully saturated rings. The zero-order chi connectivity index (χ0) is 18.2. The summed E-state index contributed by atoms with van der Waals surface area (Å²) in [5.41, 5.74) is 0.688. The van der Waals surface area contributed by atoms with Crippen LogP contribution in [-0.4, -0.2) is 54.8 Å². The van der Waals surface area contributed by atoms with E-state index in [1.807, 2.05) is 19.9 Å². The van der Waals surface area contributed by atoms with E-state index in [1.165, 1.54) is 9.58 Å². The third kappa shape index (κ3) is 3.30. The van der Waals surface area contributed by atoms with Gasteiger partial charge in [-0.1, -0.05) is 0 Å². The fraction of sp³-hybridized carbons (Fsp3) is 0.438. The van der Waals surface area contributed by atoms with E-state index in [2.05, 4.69) is 20.4 Å². The minimum Gasteiger partial charge on any atom is -0.481 e. The molecule has 3 heterocycles. The molecule has 1 saturated heterocycles. The number of rotatable bonds is 3. The average molecular weight is 344 g/mol. The number of amides is 2. The van der Waals surface area contributed by atoms with E-state index in [0.29, 0.717) is 24.7 Å². The van der Waals surface area contributed by atoms with Crippen LogP contribution in [0.1, 0.15) is 24.7 Å². The smallest absolute Gasteiger partial charge is 0.323 e. The van der Waals surface area contributed by atoms with E-state index in [4.69, 9.17) is 0 Å². The topological polar surface area (TPSA) is 113 Å². The summed E-state index contributed by atoms with van der Waals surface area (Å²) in [6.07, 6.45) is 1.97. The van der Waals surface area contributed by atoms with E-state index < -0.39 is 11.4 Å². The van der Waals surface area contributed by atoms with Crippen LogP contribution >= 0.6 is 0 Å². The molecule has 9 nitrogen and oxygen atoms in total. The number of hydrogen-bond acceptors (Lipinski definition) is 5. The summed E-state index contributed by atoms with van der Waals surface area (Å²) < 4.78 is 1.45. The highest BCUT2D eigenvalue weighted by atomic mass is 16.4. The monoisotopic (exact) mass is 344 g/mol. The summed E-state index contributed by atoms with van der Waals surface area (Å²) in [5, 5.41) is 16.2. The second-order valence-electron chi connectivity index (χ2n) is 6.55. The van der Waals surface area contributed by atoms with Crippen molar-refractivity contribution in [2.75, 3.05) is 18.4 Å². The number of aryl methyl sites for hydroxylation is 2. The van der Waals surface area contributed by atoms with Gasteiger partial charge in [-0.3, -0.25) is 10.1 Å². The Morgan fingerprint density at radius 3 is 2.56 bits per heavy atom. The first-order valence-corrected chi connectivity index (χ1v) is 7.94. The molecule has 1 atom stereocenters. The maximum Gasteiger partial charge on any atom is 0.323 e. The Kier molecular flexibility index (Phi) is 4.15. The van der Waals surface area contributed by atoms with Gasteiger partial charge in [0.05, 0.1) is 11.6 Å². The fourth-order valence-electron chi connectivity index (χ4n) is 2.86. The Hall–Kier alpha value is -2.97. The van der Waals surface area contributed by atoms with E-state index >= 15 is 0 Å². The number of carbonyl (C=O) groups is 2. The molecule has 2 aromatic heterocycles. The van der Waals surface area contributed by atoms with Crippen molar-refractivity contribution in [3.63, 3.8) is 0 Å². The van der Waals surface area contributed by atoms with Crippen molar-refractivity contribution in [2.24, 2.45) is 5.41 Å². The lowest BCUT2D eigenvalue weighted by Crippen LogP contribution is -2.37. The van der Waals surface area contributed by atoms with Crippen molar-refractivity contribution >= 4 is 17.8 Å². The highest BCUT2D eigenvalue weighted by molar-refractivity contribution is 5.89. The molecule has 2 amide bonds. The molecule has 0 spiro atoms. The van der Waals surface area contributed by atoms with Gasteiger partial charge in [0, 0.05) is 30.5 Å². The molecule has 0 bridgehead atoms. The molecule has 132 valence electrons. The zero-order valence-electron chi connectivity index (χ0n) is 14.4. The minimum atomic E-state index is -0.908. The van der Waals surface area contributed by atoms with Crippen LogP contribution in [0.3, 0.4) is 0 Å². The van der Waals surface area contributed by atoms with Gasteiger partial charge >= 0.3 is 12.0 Å². The molecule has 2 aromatic rings. The number of carboxylic acid groups (broad SMARTS) is 1. The lowest BCUT2D eigenvalue weighted by molar-refractivity contribution is -0.146. The number of likely N-dealkylation sites (tertiary alicyclic amines) is 1. The van der Waals surface area contributed by atoms with Crippen LogP contribution in [0.4, 0.5) is 10.6 Å². The minimum absolute atomic E-state index is 0.169. The standard InChI is InChI=1S/C16H20N6O3/c1-10-8-11(2)19-14(18-10)22-12(4-6-17-22)20-15(25)21-7-5-16(3,9-21)13(23)24/h4,6,8H,5,7,9H2,1-3H3,(H,20,25)(H,23,24)/t16-/m0/s1. The molecule has 0 unspecified atom stereocenters. The second kappa shape index (κ2) is 6.15. The van der Waals surface area contributed by atoms with Crippen LogP contribution < -0.4 is 5.32 Å². The van der Waals surface area contributed by atoms with Gasteiger partial charge in [0.25, 0.3) is 5.95 Å². The summed E-state index contributed by atoms with van der Waals surface area (Å²) in [6, 6.07) is 3.13. The average Bonchev–Trinajstić information content (AvgIpc) is 3.14. The predicted octanol–water partition coefficient (Wildman–Crippen LogP) is 1.61. The predicted molar refractivity (Wildman–Crippen MR) is 89.6 cm³/mol. The van der Waals surface area contributed by atoms with Crippen molar-refractivity contribution in [3.8, 4) is 5.95 Å². The molecule has 9 heteroatoms. The lowest BCUT2D eigenvalue weighted by atomic mass is 9.90. The number of nitrogens with zero attached hydrogens (tertiary/aromatic N) is 5. The van der Waals surface area contributed by atoms with Gasteiger partial charge in [-0.25, -0.2) is 14.8 Å². The number of carboxylic acids is 1. The van der Waals surface area contributed by atoms with Crippen LogP contribution in [-0.2, 0) is 4.79 Å². The number of hydrogen-bond donors (Lipinski definition) is 2. The summed E-state index contributed by atoms with van der Waals surface area (Å²) in [4.78, 5) is 34.0. The van der Waals surface area contributed by atoms with Gasteiger partial charge < -0.3 is 10.0 Å². The number of carbonyl (C=O) groups excluding carboxylic acids is 1. The summed E-state index contributed by atoms with van der Waals surface area (Å²) in [7, 11) is 0.